The van der Waals surface area contributed by atoms with Crippen LogP contribution in [0.4, 0.5) is 5.69 Å². The summed E-state index contributed by atoms with van der Waals surface area (Å²) in [6.45, 7) is 10.4. The number of nitrogen functional groups attached to an aromatic ring is 1. The largest absolute Gasteiger partial charge is 0.399 e. The zero-order valence-electron chi connectivity index (χ0n) is 13.7. The highest BCUT2D eigenvalue weighted by molar-refractivity contribution is 5.91. The van der Waals surface area contributed by atoms with Crippen LogP contribution in [0.5, 0.6) is 0 Å². The molecule has 21 heavy (non-hydrogen) atoms. The summed E-state index contributed by atoms with van der Waals surface area (Å²) in [4.78, 5) is 15.1. The van der Waals surface area contributed by atoms with Gasteiger partial charge in [0.15, 0.2) is 0 Å². The van der Waals surface area contributed by atoms with E-state index in [0.29, 0.717) is 17.7 Å². The van der Waals surface area contributed by atoms with Gasteiger partial charge in [-0.3, -0.25) is 4.79 Å². The Balaban J connectivity index is 2.20. The summed E-state index contributed by atoms with van der Waals surface area (Å²) in [5, 5.41) is 0. The Hall–Kier alpha value is -1.51. The predicted octanol–water partition coefficient (Wildman–Crippen LogP) is 3.44. The number of rotatable bonds is 6. The van der Waals surface area contributed by atoms with E-state index in [4.69, 9.17) is 5.73 Å². The van der Waals surface area contributed by atoms with E-state index in [-0.39, 0.29) is 5.41 Å². The standard InChI is InChI=1S/C18H28N2O/c1-13(2)11-20(12-14(3)4)17(21)18(9-10-18)15-5-7-16(19)8-6-15/h5-8,13-14H,9-12,19H2,1-4H3. The smallest absolute Gasteiger partial charge is 0.233 e. The molecule has 0 heterocycles. The number of amides is 1. The van der Waals surface area contributed by atoms with Crippen LogP contribution >= 0.6 is 0 Å². The Morgan fingerprint density at radius 2 is 1.57 bits per heavy atom. The van der Waals surface area contributed by atoms with Gasteiger partial charge >= 0.3 is 0 Å². The van der Waals surface area contributed by atoms with Crippen LogP contribution in [-0.4, -0.2) is 23.9 Å². The summed E-state index contributed by atoms with van der Waals surface area (Å²) in [5.41, 5.74) is 7.36. The van der Waals surface area contributed by atoms with E-state index >= 15 is 0 Å². The van der Waals surface area contributed by atoms with Crippen LogP contribution in [0.1, 0.15) is 46.1 Å². The molecular weight excluding hydrogens is 260 g/mol. The molecule has 1 aromatic rings. The van der Waals surface area contributed by atoms with E-state index < -0.39 is 0 Å². The van der Waals surface area contributed by atoms with Crippen molar-refractivity contribution in [2.45, 2.75) is 46.0 Å². The molecule has 0 saturated heterocycles. The van der Waals surface area contributed by atoms with Crippen molar-refractivity contribution in [3.8, 4) is 0 Å². The molecule has 1 amide bonds. The maximum atomic E-state index is 13.1. The number of nitrogens with zero attached hydrogens (tertiary/aromatic N) is 1. The van der Waals surface area contributed by atoms with E-state index in [9.17, 15) is 4.79 Å². The minimum absolute atomic E-state index is 0.280. The molecular formula is C18H28N2O. The SMILES string of the molecule is CC(C)CN(CC(C)C)C(=O)C1(c2ccc(N)cc2)CC1. The average Bonchev–Trinajstić information content (AvgIpc) is 3.18. The van der Waals surface area contributed by atoms with E-state index in [1.165, 1.54) is 0 Å². The fraction of sp³-hybridized carbons (Fsp3) is 0.611. The molecule has 3 heteroatoms. The molecule has 2 rings (SSSR count). The van der Waals surface area contributed by atoms with Crippen molar-refractivity contribution in [3.63, 3.8) is 0 Å². The third kappa shape index (κ3) is 3.58. The minimum atomic E-state index is -0.280. The zero-order valence-corrected chi connectivity index (χ0v) is 13.7. The number of carbonyl (C=O) groups is 1. The first-order valence-corrected chi connectivity index (χ1v) is 8.00. The van der Waals surface area contributed by atoms with Crippen molar-refractivity contribution < 1.29 is 4.79 Å². The quantitative estimate of drug-likeness (QED) is 0.815. The Bertz CT molecular complexity index is 476. The Labute approximate surface area is 128 Å². The number of hydrogen-bond acceptors (Lipinski definition) is 2. The molecule has 0 unspecified atom stereocenters. The lowest BCUT2D eigenvalue weighted by Gasteiger charge is -2.30. The molecule has 116 valence electrons. The number of carbonyl (C=O) groups excluding carboxylic acids is 1. The van der Waals surface area contributed by atoms with Gasteiger partial charge in [0.25, 0.3) is 0 Å². The molecule has 1 aliphatic rings. The van der Waals surface area contributed by atoms with E-state index in [0.717, 1.165) is 37.2 Å². The summed E-state index contributed by atoms with van der Waals surface area (Å²) in [6, 6.07) is 7.84. The highest BCUT2D eigenvalue weighted by Gasteiger charge is 2.52. The number of benzene rings is 1. The van der Waals surface area contributed by atoms with E-state index in [1.54, 1.807) is 0 Å². The van der Waals surface area contributed by atoms with Crippen molar-refractivity contribution in [2.24, 2.45) is 11.8 Å². The second-order valence-corrected chi connectivity index (χ2v) is 7.20. The van der Waals surface area contributed by atoms with Gasteiger partial charge in [0.1, 0.15) is 0 Å². The first kappa shape index (κ1) is 15.9. The molecule has 1 saturated carbocycles. The Kier molecular flexibility index (Phi) is 4.60. The molecule has 2 N–H and O–H groups in total. The topological polar surface area (TPSA) is 46.3 Å². The van der Waals surface area contributed by atoms with Gasteiger partial charge in [-0.05, 0) is 42.4 Å². The second kappa shape index (κ2) is 6.08. The molecule has 0 aromatic heterocycles. The minimum Gasteiger partial charge on any atom is -0.399 e. The highest BCUT2D eigenvalue weighted by Crippen LogP contribution is 2.49. The van der Waals surface area contributed by atoms with Gasteiger partial charge in [0.05, 0.1) is 5.41 Å². The lowest BCUT2D eigenvalue weighted by molar-refractivity contribution is -0.135. The Morgan fingerprint density at radius 3 is 1.95 bits per heavy atom. The molecule has 0 atom stereocenters. The van der Waals surface area contributed by atoms with Gasteiger partial charge in [-0.1, -0.05) is 39.8 Å². The van der Waals surface area contributed by atoms with Crippen LogP contribution in [0.2, 0.25) is 0 Å². The summed E-state index contributed by atoms with van der Waals surface area (Å²) in [6.07, 6.45) is 1.92. The summed E-state index contributed by atoms with van der Waals surface area (Å²) in [7, 11) is 0. The molecule has 3 nitrogen and oxygen atoms in total. The van der Waals surface area contributed by atoms with Crippen LogP contribution in [0.25, 0.3) is 0 Å². The van der Waals surface area contributed by atoms with E-state index in [2.05, 4.69) is 32.6 Å². The van der Waals surface area contributed by atoms with Gasteiger partial charge in [-0.2, -0.15) is 0 Å². The monoisotopic (exact) mass is 288 g/mol. The third-order valence-electron chi connectivity index (χ3n) is 4.08. The number of nitrogens with two attached hydrogens (primary N) is 1. The number of anilines is 1. The van der Waals surface area contributed by atoms with Crippen LogP contribution in [0.15, 0.2) is 24.3 Å². The first-order chi connectivity index (χ1) is 9.85. The van der Waals surface area contributed by atoms with Crippen molar-refractivity contribution in [2.75, 3.05) is 18.8 Å². The predicted molar refractivity (Wildman–Crippen MR) is 88.0 cm³/mol. The van der Waals surface area contributed by atoms with Crippen molar-refractivity contribution in [1.82, 2.24) is 4.90 Å². The van der Waals surface area contributed by atoms with Crippen LogP contribution in [-0.2, 0) is 10.2 Å². The normalized spacial score (nSPS) is 16.3. The second-order valence-electron chi connectivity index (χ2n) is 7.20. The third-order valence-corrected chi connectivity index (χ3v) is 4.08. The fourth-order valence-electron chi connectivity index (χ4n) is 2.98. The van der Waals surface area contributed by atoms with Crippen molar-refractivity contribution in [1.29, 1.82) is 0 Å². The van der Waals surface area contributed by atoms with Crippen molar-refractivity contribution >= 4 is 11.6 Å². The summed E-state index contributed by atoms with van der Waals surface area (Å²) >= 11 is 0. The zero-order chi connectivity index (χ0) is 15.6. The molecule has 0 bridgehead atoms. The van der Waals surface area contributed by atoms with Gasteiger partial charge in [0, 0.05) is 18.8 Å². The van der Waals surface area contributed by atoms with Gasteiger partial charge in [-0.15, -0.1) is 0 Å². The van der Waals surface area contributed by atoms with Gasteiger partial charge in [0.2, 0.25) is 5.91 Å². The van der Waals surface area contributed by atoms with E-state index in [1.807, 2.05) is 24.3 Å². The maximum Gasteiger partial charge on any atom is 0.233 e. The first-order valence-electron chi connectivity index (χ1n) is 8.00. The fourth-order valence-corrected chi connectivity index (χ4v) is 2.98. The molecule has 1 aliphatic carbocycles. The Morgan fingerprint density at radius 1 is 1.10 bits per heavy atom. The van der Waals surface area contributed by atoms with Crippen LogP contribution in [0, 0.1) is 11.8 Å². The van der Waals surface area contributed by atoms with Gasteiger partial charge < -0.3 is 10.6 Å². The molecule has 0 radical (unpaired) electrons. The van der Waals surface area contributed by atoms with Crippen LogP contribution in [0.3, 0.4) is 0 Å². The molecule has 1 aromatic carbocycles. The van der Waals surface area contributed by atoms with Crippen LogP contribution < -0.4 is 5.73 Å². The molecule has 1 fully saturated rings. The lowest BCUT2D eigenvalue weighted by Crippen LogP contribution is -2.43. The maximum absolute atomic E-state index is 13.1. The lowest BCUT2D eigenvalue weighted by atomic mass is 9.93. The molecule has 0 aliphatic heterocycles. The van der Waals surface area contributed by atoms with Crippen molar-refractivity contribution in [3.05, 3.63) is 29.8 Å². The average molecular weight is 288 g/mol. The highest BCUT2D eigenvalue weighted by atomic mass is 16.2. The van der Waals surface area contributed by atoms with Gasteiger partial charge in [-0.25, -0.2) is 0 Å². The summed E-state index contributed by atoms with van der Waals surface area (Å²) < 4.78 is 0. The number of hydrogen-bond donors (Lipinski definition) is 1. The summed E-state index contributed by atoms with van der Waals surface area (Å²) in [5.74, 6) is 1.29. The molecule has 0 spiro atoms.